The molecular weight excluding hydrogens is 519 g/mol. The lowest BCUT2D eigenvalue weighted by atomic mass is 9.91. The number of hydrogen-bond donors (Lipinski definition) is 3. The number of halogens is 2. The SMILES string of the molecule is O=C(O)C=CC=Cc1ccc(C(NC(=O)Nc2cc(Cl)cc(Cl)c2)c2ccc(C3=CCCCC3)cc2)cc1. The van der Waals surface area contributed by atoms with E-state index in [1.165, 1.54) is 30.1 Å². The summed E-state index contributed by atoms with van der Waals surface area (Å²) in [6, 6.07) is 20.1. The molecule has 7 heteroatoms. The molecule has 0 aromatic heterocycles. The van der Waals surface area contributed by atoms with Gasteiger partial charge in [-0.05, 0) is 71.7 Å². The first-order valence-electron chi connectivity index (χ1n) is 12.4. The van der Waals surface area contributed by atoms with Crippen molar-refractivity contribution in [2.24, 2.45) is 0 Å². The molecule has 0 saturated heterocycles. The van der Waals surface area contributed by atoms with Gasteiger partial charge in [0.15, 0.2) is 0 Å². The van der Waals surface area contributed by atoms with Crippen LogP contribution < -0.4 is 10.6 Å². The van der Waals surface area contributed by atoms with Crippen LogP contribution in [0.3, 0.4) is 0 Å². The second-order valence-electron chi connectivity index (χ2n) is 9.01. The zero-order chi connectivity index (χ0) is 26.9. The number of amides is 2. The molecule has 1 atom stereocenters. The fraction of sp³-hybridized carbons (Fsp3) is 0.161. The Morgan fingerprint density at radius 3 is 2.13 bits per heavy atom. The first-order chi connectivity index (χ1) is 18.4. The maximum absolute atomic E-state index is 13.0. The van der Waals surface area contributed by atoms with E-state index in [4.69, 9.17) is 28.3 Å². The standard InChI is InChI=1S/C31H28Cl2N2O3/c32-26-18-27(33)20-28(19-26)34-31(38)35-30(24-12-10-21(11-13-24)6-4-5-9-29(36)37)25-16-14-23(15-17-25)22-7-2-1-3-8-22/h4-7,9-20,30H,1-3,8H2,(H,36,37)(H2,34,35,38). The van der Waals surface area contributed by atoms with Crippen molar-refractivity contribution in [3.63, 3.8) is 0 Å². The summed E-state index contributed by atoms with van der Waals surface area (Å²) in [5.74, 6) is -0.997. The molecule has 4 rings (SSSR count). The Balaban J connectivity index is 1.57. The van der Waals surface area contributed by atoms with Crippen molar-refractivity contribution in [3.05, 3.63) is 123 Å². The van der Waals surface area contributed by atoms with Gasteiger partial charge in [0.25, 0.3) is 0 Å². The van der Waals surface area contributed by atoms with E-state index >= 15 is 0 Å². The molecular formula is C31H28Cl2N2O3. The molecule has 0 spiro atoms. The highest BCUT2D eigenvalue weighted by Gasteiger charge is 2.18. The molecule has 1 aliphatic rings. The minimum Gasteiger partial charge on any atom is -0.478 e. The summed E-state index contributed by atoms with van der Waals surface area (Å²) < 4.78 is 0. The first-order valence-corrected chi connectivity index (χ1v) is 13.1. The summed E-state index contributed by atoms with van der Waals surface area (Å²) >= 11 is 12.2. The van der Waals surface area contributed by atoms with Crippen LogP contribution in [0.5, 0.6) is 0 Å². The number of carboxylic acids is 1. The van der Waals surface area contributed by atoms with Crippen LogP contribution in [-0.2, 0) is 4.79 Å². The number of anilines is 1. The monoisotopic (exact) mass is 546 g/mol. The van der Waals surface area contributed by atoms with Crippen LogP contribution in [0.1, 0.15) is 54.0 Å². The van der Waals surface area contributed by atoms with Crippen molar-refractivity contribution in [2.45, 2.75) is 31.7 Å². The molecule has 194 valence electrons. The number of carbonyl (C=O) groups excluding carboxylic acids is 1. The van der Waals surface area contributed by atoms with Gasteiger partial charge in [0.1, 0.15) is 0 Å². The molecule has 0 radical (unpaired) electrons. The number of hydrogen-bond acceptors (Lipinski definition) is 2. The van der Waals surface area contributed by atoms with Gasteiger partial charge in [0.2, 0.25) is 0 Å². The molecule has 1 unspecified atom stereocenters. The lowest BCUT2D eigenvalue weighted by Gasteiger charge is -2.21. The predicted molar refractivity (Wildman–Crippen MR) is 156 cm³/mol. The van der Waals surface area contributed by atoms with Crippen molar-refractivity contribution < 1.29 is 14.7 Å². The number of carboxylic acid groups (broad SMARTS) is 1. The maximum Gasteiger partial charge on any atom is 0.328 e. The van der Waals surface area contributed by atoms with Crippen LogP contribution in [-0.4, -0.2) is 17.1 Å². The molecule has 3 aromatic rings. The summed E-state index contributed by atoms with van der Waals surface area (Å²) in [6.45, 7) is 0. The van der Waals surface area contributed by atoms with Gasteiger partial charge in [-0.25, -0.2) is 9.59 Å². The summed E-state index contributed by atoms with van der Waals surface area (Å²) in [4.78, 5) is 23.7. The van der Waals surface area contributed by atoms with Gasteiger partial charge in [-0.3, -0.25) is 0 Å². The van der Waals surface area contributed by atoms with E-state index in [-0.39, 0.29) is 0 Å². The van der Waals surface area contributed by atoms with E-state index in [1.54, 1.807) is 24.3 Å². The van der Waals surface area contributed by atoms with Crippen LogP contribution in [0.25, 0.3) is 11.6 Å². The quantitative estimate of drug-likeness (QED) is 0.195. The van der Waals surface area contributed by atoms with E-state index in [0.717, 1.165) is 35.6 Å². The van der Waals surface area contributed by atoms with Gasteiger partial charge >= 0.3 is 12.0 Å². The summed E-state index contributed by atoms with van der Waals surface area (Å²) in [5, 5.41) is 15.5. The Hall–Kier alpha value is -3.80. The lowest BCUT2D eigenvalue weighted by Crippen LogP contribution is -2.33. The Morgan fingerprint density at radius 1 is 0.868 bits per heavy atom. The van der Waals surface area contributed by atoms with Crippen molar-refractivity contribution in [1.82, 2.24) is 5.32 Å². The summed E-state index contributed by atoms with van der Waals surface area (Å²) in [5.41, 5.74) is 5.81. The molecule has 5 nitrogen and oxygen atoms in total. The smallest absolute Gasteiger partial charge is 0.328 e. The molecule has 1 aliphatic carbocycles. The molecule has 2 amide bonds. The number of urea groups is 1. The normalized spacial score (nSPS) is 14.3. The highest BCUT2D eigenvalue weighted by molar-refractivity contribution is 6.35. The molecule has 38 heavy (non-hydrogen) atoms. The average Bonchev–Trinajstić information content (AvgIpc) is 2.90. The third-order valence-electron chi connectivity index (χ3n) is 6.21. The van der Waals surface area contributed by atoms with Crippen molar-refractivity contribution >= 4 is 52.5 Å². The Morgan fingerprint density at radius 2 is 1.53 bits per heavy atom. The van der Waals surface area contributed by atoms with Gasteiger partial charge in [-0.2, -0.15) is 0 Å². The Bertz CT molecular complexity index is 1360. The summed E-state index contributed by atoms with van der Waals surface area (Å²) in [6.07, 6.45) is 13.0. The average molecular weight is 547 g/mol. The van der Waals surface area contributed by atoms with Crippen LogP contribution in [0.4, 0.5) is 10.5 Å². The number of nitrogens with one attached hydrogen (secondary N) is 2. The van der Waals surface area contributed by atoms with E-state index in [9.17, 15) is 9.59 Å². The third-order valence-corrected chi connectivity index (χ3v) is 6.65. The minimum atomic E-state index is -0.997. The molecule has 0 aliphatic heterocycles. The first kappa shape index (κ1) is 27.2. The highest BCUT2D eigenvalue weighted by Crippen LogP contribution is 2.30. The second-order valence-corrected chi connectivity index (χ2v) is 9.88. The molecule has 0 saturated carbocycles. The van der Waals surface area contributed by atoms with Crippen molar-refractivity contribution in [3.8, 4) is 0 Å². The van der Waals surface area contributed by atoms with Gasteiger partial charge < -0.3 is 15.7 Å². The van der Waals surface area contributed by atoms with Crippen LogP contribution in [0, 0.1) is 0 Å². The zero-order valence-corrected chi connectivity index (χ0v) is 22.2. The van der Waals surface area contributed by atoms with Crippen molar-refractivity contribution in [2.75, 3.05) is 5.32 Å². The highest BCUT2D eigenvalue weighted by atomic mass is 35.5. The number of rotatable bonds is 8. The zero-order valence-electron chi connectivity index (χ0n) is 20.7. The molecule has 0 heterocycles. The fourth-order valence-electron chi connectivity index (χ4n) is 4.38. The molecule has 3 aromatic carbocycles. The Kier molecular flexibility index (Phi) is 9.41. The molecule has 0 fully saturated rings. The van der Waals surface area contributed by atoms with Gasteiger partial charge in [-0.15, -0.1) is 0 Å². The van der Waals surface area contributed by atoms with Crippen LogP contribution >= 0.6 is 23.2 Å². The van der Waals surface area contributed by atoms with E-state index < -0.39 is 18.0 Å². The number of benzene rings is 3. The number of aliphatic carboxylic acids is 1. The van der Waals surface area contributed by atoms with E-state index in [0.29, 0.717) is 15.7 Å². The lowest BCUT2D eigenvalue weighted by molar-refractivity contribution is -0.131. The maximum atomic E-state index is 13.0. The fourth-order valence-corrected chi connectivity index (χ4v) is 4.90. The van der Waals surface area contributed by atoms with E-state index in [2.05, 4.69) is 41.0 Å². The van der Waals surface area contributed by atoms with Crippen LogP contribution in [0.2, 0.25) is 10.0 Å². The third kappa shape index (κ3) is 7.85. The van der Waals surface area contributed by atoms with Crippen LogP contribution in [0.15, 0.2) is 91.0 Å². The van der Waals surface area contributed by atoms with Gasteiger partial charge in [0.05, 0.1) is 6.04 Å². The number of carbonyl (C=O) groups is 2. The molecule has 3 N–H and O–H groups in total. The summed E-state index contributed by atoms with van der Waals surface area (Å²) in [7, 11) is 0. The predicted octanol–water partition coefficient (Wildman–Crippen LogP) is 8.52. The minimum absolute atomic E-state index is 0.393. The molecule has 0 bridgehead atoms. The van der Waals surface area contributed by atoms with Crippen molar-refractivity contribution in [1.29, 1.82) is 0 Å². The van der Waals surface area contributed by atoms with Gasteiger partial charge in [-0.1, -0.05) is 96.0 Å². The number of allylic oxidation sites excluding steroid dienone is 4. The second kappa shape index (κ2) is 13.1. The van der Waals surface area contributed by atoms with Gasteiger partial charge in [0, 0.05) is 21.8 Å². The Labute approximate surface area is 232 Å². The topological polar surface area (TPSA) is 78.4 Å². The van der Waals surface area contributed by atoms with E-state index in [1.807, 2.05) is 30.3 Å². The largest absolute Gasteiger partial charge is 0.478 e.